The van der Waals surface area contributed by atoms with Crippen molar-refractivity contribution in [2.75, 3.05) is 20.7 Å². The Morgan fingerprint density at radius 2 is 2.17 bits per heavy atom. The lowest BCUT2D eigenvalue weighted by Crippen LogP contribution is -2.43. The molecule has 0 spiro atoms. The normalized spacial score (nSPS) is 35.5. The summed E-state index contributed by atoms with van der Waals surface area (Å²) in [6, 6.07) is 0.593. The van der Waals surface area contributed by atoms with E-state index in [-0.39, 0.29) is 0 Å². The molecule has 1 aliphatic rings. The number of nitrogens with zero attached hydrogens (tertiary/aromatic N) is 2. The molecule has 1 aliphatic heterocycles. The Labute approximate surface area is 74.4 Å². The topological polar surface area (TPSA) is 24.8 Å². The minimum atomic E-state index is 0.533. The maximum absolute atomic E-state index is 4.80. The highest BCUT2D eigenvalue weighted by Gasteiger charge is 2.25. The number of oxime groups is 1. The molecule has 0 aromatic heterocycles. The fraction of sp³-hybridized carbons (Fsp3) is 0.889. The first-order valence-electron chi connectivity index (χ1n) is 4.45. The maximum atomic E-state index is 4.80. The zero-order chi connectivity index (χ0) is 9.14. The Balaban J connectivity index is 2.61. The highest BCUT2D eigenvalue weighted by atomic mass is 16.6. The molecule has 1 heterocycles. The Morgan fingerprint density at radius 1 is 1.50 bits per heavy atom. The molecule has 70 valence electrons. The summed E-state index contributed by atoms with van der Waals surface area (Å²) in [4.78, 5) is 7.17. The van der Waals surface area contributed by atoms with E-state index in [9.17, 15) is 0 Å². The summed E-state index contributed by atoms with van der Waals surface area (Å²) in [6.45, 7) is 5.50. The predicted octanol–water partition coefficient (Wildman–Crippen LogP) is 1.35. The number of hydrogen-bond acceptors (Lipinski definition) is 3. The molecule has 0 N–H and O–H groups in total. The molecule has 3 heteroatoms. The van der Waals surface area contributed by atoms with E-state index in [2.05, 4.69) is 31.0 Å². The van der Waals surface area contributed by atoms with Crippen LogP contribution in [0.25, 0.3) is 0 Å². The molecule has 2 atom stereocenters. The van der Waals surface area contributed by atoms with Gasteiger partial charge < -0.3 is 9.74 Å². The summed E-state index contributed by atoms with van der Waals surface area (Å²) in [5.74, 6) is 0.533. The highest BCUT2D eigenvalue weighted by molar-refractivity contribution is 5.87. The largest absolute Gasteiger partial charge is 0.399 e. The smallest absolute Gasteiger partial charge is 0.106 e. The standard InChI is InChI=1S/C9H18N2O/c1-7-6-11(3)8(2)5-9(7)10-12-4/h7-8H,5-6H2,1-4H3/b10-9-. The summed E-state index contributed by atoms with van der Waals surface area (Å²) in [6.07, 6.45) is 1.03. The third-order valence-electron chi connectivity index (χ3n) is 2.60. The summed E-state index contributed by atoms with van der Waals surface area (Å²) in [5.41, 5.74) is 1.20. The summed E-state index contributed by atoms with van der Waals surface area (Å²) < 4.78 is 0. The van der Waals surface area contributed by atoms with Gasteiger partial charge in [0.2, 0.25) is 0 Å². The van der Waals surface area contributed by atoms with E-state index in [1.807, 2.05) is 0 Å². The average molecular weight is 170 g/mol. The van der Waals surface area contributed by atoms with Crippen molar-refractivity contribution in [3.05, 3.63) is 0 Å². The summed E-state index contributed by atoms with van der Waals surface area (Å²) in [5, 5.41) is 4.04. The molecule has 0 radical (unpaired) electrons. The summed E-state index contributed by atoms with van der Waals surface area (Å²) in [7, 11) is 3.77. The Bertz CT molecular complexity index is 179. The molecule has 1 fully saturated rings. The van der Waals surface area contributed by atoms with Crippen molar-refractivity contribution in [2.24, 2.45) is 11.1 Å². The third-order valence-corrected chi connectivity index (χ3v) is 2.60. The molecular weight excluding hydrogens is 152 g/mol. The van der Waals surface area contributed by atoms with E-state index in [0.29, 0.717) is 12.0 Å². The van der Waals surface area contributed by atoms with Gasteiger partial charge in [-0.3, -0.25) is 0 Å². The van der Waals surface area contributed by atoms with Crippen LogP contribution in [0.5, 0.6) is 0 Å². The van der Waals surface area contributed by atoms with E-state index in [4.69, 9.17) is 4.84 Å². The first-order chi connectivity index (χ1) is 5.65. The summed E-state index contributed by atoms with van der Waals surface area (Å²) >= 11 is 0. The van der Waals surface area contributed by atoms with Gasteiger partial charge in [-0.05, 0) is 14.0 Å². The Morgan fingerprint density at radius 3 is 2.75 bits per heavy atom. The molecule has 2 unspecified atom stereocenters. The van der Waals surface area contributed by atoms with Gasteiger partial charge in [0, 0.05) is 24.9 Å². The van der Waals surface area contributed by atoms with Crippen LogP contribution in [0.4, 0.5) is 0 Å². The van der Waals surface area contributed by atoms with Gasteiger partial charge in [-0.2, -0.15) is 0 Å². The lowest BCUT2D eigenvalue weighted by atomic mass is 9.93. The van der Waals surface area contributed by atoms with E-state index in [1.54, 1.807) is 7.11 Å². The quantitative estimate of drug-likeness (QED) is 0.555. The molecular formula is C9H18N2O. The van der Waals surface area contributed by atoms with E-state index in [1.165, 1.54) is 5.71 Å². The van der Waals surface area contributed by atoms with Gasteiger partial charge in [0.25, 0.3) is 0 Å². The molecule has 0 amide bonds. The SMILES string of the molecule is CO/N=C1/CC(C)N(C)CC1C. The van der Waals surface area contributed by atoms with Crippen LogP contribution in [-0.2, 0) is 4.84 Å². The van der Waals surface area contributed by atoms with Crippen molar-refractivity contribution in [1.82, 2.24) is 4.90 Å². The van der Waals surface area contributed by atoms with E-state index >= 15 is 0 Å². The highest BCUT2D eigenvalue weighted by Crippen LogP contribution is 2.17. The lowest BCUT2D eigenvalue weighted by Gasteiger charge is -2.34. The Hall–Kier alpha value is -0.570. The third kappa shape index (κ3) is 1.97. The monoisotopic (exact) mass is 170 g/mol. The molecule has 0 aromatic rings. The minimum absolute atomic E-state index is 0.533. The predicted molar refractivity (Wildman–Crippen MR) is 50.3 cm³/mol. The van der Waals surface area contributed by atoms with Gasteiger partial charge >= 0.3 is 0 Å². The van der Waals surface area contributed by atoms with E-state index < -0.39 is 0 Å². The number of likely N-dealkylation sites (tertiary alicyclic amines) is 1. The Kier molecular flexibility index (Phi) is 3.09. The molecule has 0 saturated carbocycles. The number of hydrogen-bond donors (Lipinski definition) is 0. The minimum Gasteiger partial charge on any atom is -0.399 e. The second-order valence-electron chi connectivity index (χ2n) is 3.66. The lowest BCUT2D eigenvalue weighted by molar-refractivity contribution is 0.189. The van der Waals surface area contributed by atoms with Crippen LogP contribution in [0, 0.1) is 5.92 Å². The molecule has 0 aromatic carbocycles. The zero-order valence-electron chi connectivity index (χ0n) is 8.37. The van der Waals surface area contributed by atoms with Gasteiger partial charge in [-0.15, -0.1) is 0 Å². The van der Waals surface area contributed by atoms with Crippen molar-refractivity contribution >= 4 is 5.71 Å². The van der Waals surface area contributed by atoms with Crippen molar-refractivity contribution in [1.29, 1.82) is 0 Å². The molecule has 0 aliphatic carbocycles. The zero-order valence-corrected chi connectivity index (χ0v) is 8.37. The van der Waals surface area contributed by atoms with Gasteiger partial charge in [0.1, 0.15) is 7.11 Å². The van der Waals surface area contributed by atoms with Crippen LogP contribution < -0.4 is 0 Å². The molecule has 0 bridgehead atoms. The van der Waals surface area contributed by atoms with Crippen LogP contribution in [0.1, 0.15) is 20.3 Å². The molecule has 1 rings (SSSR count). The van der Waals surface area contributed by atoms with Gasteiger partial charge in [0.05, 0.1) is 5.71 Å². The van der Waals surface area contributed by atoms with Crippen LogP contribution in [0.15, 0.2) is 5.16 Å². The number of rotatable bonds is 1. The second-order valence-corrected chi connectivity index (χ2v) is 3.66. The van der Waals surface area contributed by atoms with Crippen LogP contribution >= 0.6 is 0 Å². The maximum Gasteiger partial charge on any atom is 0.106 e. The average Bonchev–Trinajstić information content (AvgIpc) is 2.01. The van der Waals surface area contributed by atoms with Crippen LogP contribution in [-0.4, -0.2) is 37.4 Å². The first kappa shape index (κ1) is 9.52. The first-order valence-corrected chi connectivity index (χ1v) is 4.45. The van der Waals surface area contributed by atoms with Crippen molar-refractivity contribution in [3.63, 3.8) is 0 Å². The molecule has 1 saturated heterocycles. The number of piperidine rings is 1. The van der Waals surface area contributed by atoms with Crippen LogP contribution in [0.2, 0.25) is 0 Å². The van der Waals surface area contributed by atoms with Gasteiger partial charge in [-0.25, -0.2) is 0 Å². The van der Waals surface area contributed by atoms with Crippen molar-refractivity contribution < 1.29 is 4.84 Å². The second kappa shape index (κ2) is 3.90. The molecule has 3 nitrogen and oxygen atoms in total. The fourth-order valence-corrected chi connectivity index (χ4v) is 1.62. The van der Waals surface area contributed by atoms with Crippen LogP contribution in [0.3, 0.4) is 0 Å². The van der Waals surface area contributed by atoms with Crippen molar-refractivity contribution in [3.8, 4) is 0 Å². The van der Waals surface area contributed by atoms with Crippen molar-refractivity contribution in [2.45, 2.75) is 26.3 Å². The molecule has 12 heavy (non-hydrogen) atoms. The van der Waals surface area contributed by atoms with Gasteiger partial charge in [-0.1, -0.05) is 12.1 Å². The van der Waals surface area contributed by atoms with E-state index in [0.717, 1.165) is 13.0 Å². The fourth-order valence-electron chi connectivity index (χ4n) is 1.62. The van der Waals surface area contributed by atoms with Gasteiger partial charge in [0.15, 0.2) is 0 Å².